The lowest BCUT2D eigenvalue weighted by molar-refractivity contribution is -0.121. The number of carbonyl (C=O) groups excluding carboxylic acids is 1. The molecular formula is C15H23ClN2OS. The van der Waals surface area contributed by atoms with Gasteiger partial charge in [-0.3, -0.25) is 4.79 Å². The molecule has 112 valence electrons. The number of thioether (sulfide) groups is 1. The van der Waals surface area contributed by atoms with Crippen LogP contribution in [0.4, 0.5) is 0 Å². The summed E-state index contributed by atoms with van der Waals surface area (Å²) in [4.78, 5) is 12.4. The van der Waals surface area contributed by atoms with Crippen LogP contribution in [0, 0.1) is 0 Å². The molecule has 0 spiro atoms. The Morgan fingerprint density at radius 2 is 2.10 bits per heavy atom. The van der Waals surface area contributed by atoms with Crippen molar-refractivity contribution in [1.82, 2.24) is 10.6 Å². The normalized spacial score (nSPS) is 23.5. The molecule has 20 heavy (non-hydrogen) atoms. The van der Waals surface area contributed by atoms with Gasteiger partial charge in [-0.25, -0.2) is 0 Å². The zero-order chi connectivity index (χ0) is 13.7. The molecule has 0 radical (unpaired) electrons. The summed E-state index contributed by atoms with van der Waals surface area (Å²) in [6.07, 6.45) is 4.02. The van der Waals surface area contributed by atoms with E-state index in [-0.39, 0.29) is 23.6 Å². The molecule has 0 aliphatic carbocycles. The second kappa shape index (κ2) is 8.55. The summed E-state index contributed by atoms with van der Waals surface area (Å²) >= 11 is 1.59. The quantitative estimate of drug-likeness (QED) is 0.898. The van der Waals surface area contributed by atoms with Gasteiger partial charge < -0.3 is 10.6 Å². The fourth-order valence-electron chi connectivity index (χ4n) is 2.56. The minimum atomic E-state index is -0.105. The summed E-state index contributed by atoms with van der Waals surface area (Å²) in [5.74, 6) is 0.137. The Hall–Kier alpha value is -0.710. The lowest BCUT2D eigenvalue weighted by Gasteiger charge is -2.29. The zero-order valence-electron chi connectivity index (χ0n) is 12.0. The van der Waals surface area contributed by atoms with Gasteiger partial charge in [-0.15, -0.1) is 24.2 Å². The van der Waals surface area contributed by atoms with Crippen LogP contribution < -0.4 is 10.6 Å². The second-order valence-electron chi connectivity index (χ2n) is 5.11. The molecule has 0 bridgehead atoms. The Bertz CT molecular complexity index is 416. The number of piperidine rings is 1. The first-order valence-electron chi connectivity index (χ1n) is 6.82. The van der Waals surface area contributed by atoms with E-state index < -0.39 is 0 Å². The molecule has 0 saturated carbocycles. The topological polar surface area (TPSA) is 41.1 Å². The molecule has 1 aromatic rings. The monoisotopic (exact) mass is 314 g/mol. The third-order valence-corrected chi connectivity index (χ3v) is 4.50. The lowest BCUT2D eigenvalue weighted by Crippen LogP contribution is -2.47. The number of halogens is 1. The second-order valence-corrected chi connectivity index (χ2v) is 6.05. The predicted molar refractivity (Wildman–Crippen MR) is 88.6 cm³/mol. The van der Waals surface area contributed by atoms with Gasteiger partial charge in [0.15, 0.2) is 0 Å². The number of nitrogens with one attached hydrogen (secondary N) is 2. The maximum absolute atomic E-state index is 12.4. The first-order chi connectivity index (χ1) is 9.20. The van der Waals surface area contributed by atoms with Crippen molar-refractivity contribution in [2.45, 2.75) is 37.1 Å². The molecule has 2 N–H and O–H groups in total. The third kappa shape index (κ3) is 4.69. The molecule has 2 rings (SSSR count). The summed E-state index contributed by atoms with van der Waals surface area (Å²) in [7, 11) is 0. The van der Waals surface area contributed by atoms with Gasteiger partial charge in [0.2, 0.25) is 5.91 Å². The van der Waals surface area contributed by atoms with E-state index in [1.54, 1.807) is 11.8 Å². The summed E-state index contributed by atoms with van der Waals surface area (Å²) in [5.41, 5.74) is 1.08. The number of hydrogen-bond donors (Lipinski definition) is 2. The molecule has 1 aliphatic rings. The largest absolute Gasteiger partial charge is 0.352 e. The van der Waals surface area contributed by atoms with E-state index in [9.17, 15) is 4.79 Å². The lowest BCUT2D eigenvalue weighted by atomic mass is 10.00. The summed E-state index contributed by atoms with van der Waals surface area (Å²) in [6.45, 7) is 3.16. The number of amides is 1. The van der Waals surface area contributed by atoms with Gasteiger partial charge in [0.05, 0.1) is 0 Å². The van der Waals surface area contributed by atoms with E-state index in [1.165, 1.54) is 0 Å². The highest BCUT2D eigenvalue weighted by Crippen LogP contribution is 2.27. The maximum Gasteiger partial charge on any atom is 0.237 e. The van der Waals surface area contributed by atoms with Crippen LogP contribution in [-0.4, -0.2) is 30.8 Å². The summed E-state index contributed by atoms with van der Waals surface area (Å²) in [6, 6.07) is 10.8. The van der Waals surface area contributed by atoms with Crippen molar-refractivity contribution in [3.05, 3.63) is 35.9 Å². The van der Waals surface area contributed by atoms with E-state index >= 15 is 0 Å². The highest BCUT2D eigenvalue weighted by atomic mass is 35.5. The van der Waals surface area contributed by atoms with E-state index in [2.05, 4.69) is 17.6 Å². The van der Waals surface area contributed by atoms with Crippen LogP contribution in [0.15, 0.2) is 30.3 Å². The molecule has 1 saturated heterocycles. The Labute approximate surface area is 131 Å². The van der Waals surface area contributed by atoms with Crippen LogP contribution in [0.5, 0.6) is 0 Å². The Morgan fingerprint density at radius 1 is 1.40 bits per heavy atom. The Balaban J connectivity index is 0.00000200. The van der Waals surface area contributed by atoms with Crippen LogP contribution in [0.1, 0.15) is 30.6 Å². The first kappa shape index (κ1) is 17.3. The molecule has 0 aromatic heterocycles. The molecular weight excluding hydrogens is 292 g/mol. The predicted octanol–water partition coefficient (Wildman–Crippen LogP) is 2.77. The number of hydrogen-bond acceptors (Lipinski definition) is 3. The van der Waals surface area contributed by atoms with Crippen molar-refractivity contribution in [3.63, 3.8) is 0 Å². The smallest absolute Gasteiger partial charge is 0.237 e. The van der Waals surface area contributed by atoms with Crippen molar-refractivity contribution in [3.8, 4) is 0 Å². The maximum atomic E-state index is 12.4. The van der Waals surface area contributed by atoms with Gasteiger partial charge in [-0.2, -0.15) is 0 Å². The molecule has 5 heteroatoms. The zero-order valence-corrected chi connectivity index (χ0v) is 13.6. The van der Waals surface area contributed by atoms with Crippen molar-refractivity contribution in [2.24, 2.45) is 0 Å². The molecule has 3 unspecified atom stereocenters. The highest BCUT2D eigenvalue weighted by Gasteiger charge is 2.24. The van der Waals surface area contributed by atoms with Crippen LogP contribution in [0.25, 0.3) is 0 Å². The first-order valence-corrected chi connectivity index (χ1v) is 8.11. The minimum Gasteiger partial charge on any atom is -0.352 e. The molecule has 3 nitrogen and oxygen atoms in total. The van der Waals surface area contributed by atoms with Gasteiger partial charge >= 0.3 is 0 Å². The SMILES string of the molecule is CSC(C(=O)NC1CCNC(C)C1)c1ccccc1.Cl. The summed E-state index contributed by atoms with van der Waals surface area (Å²) < 4.78 is 0. The van der Waals surface area contributed by atoms with Gasteiger partial charge in [0.1, 0.15) is 5.25 Å². The molecule has 1 aliphatic heterocycles. The van der Waals surface area contributed by atoms with Crippen LogP contribution in [-0.2, 0) is 4.79 Å². The van der Waals surface area contributed by atoms with Gasteiger partial charge in [0, 0.05) is 12.1 Å². The molecule has 1 fully saturated rings. The molecule has 3 atom stereocenters. The van der Waals surface area contributed by atoms with Gasteiger partial charge in [-0.1, -0.05) is 30.3 Å². The fourth-order valence-corrected chi connectivity index (χ4v) is 3.27. The minimum absolute atomic E-state index is 0. The van der Waals surface area contributed by atoms with E-state index in [0.29, 0.717) is 12.1 Å². The van der Waals surface area contributed by atoms with Crippen LogP contribution in [0.3, 0.4) is 0 Å². The van der Waals surface area contributed by atoms with E-state index in [0.717, 1.165) is 24.9 Å². The van der Waals surface area contributed by atoms with Crippen molar-refractivity contribution < 1.29 is 4.79 Å². The fraction of sp³-hybridized carbons (Fsp3) is 0.533. The third-order valence-electron chi connectivity index (χ3n) is 3.55. The average molecular weight is 315 g/mol. The average Bonchev–Trinajstić information content (AvgIpc) is 2.41. The Kier molecular flexibility index (Phi) is 7.41. The number of rotatable bonds is 4. The number of carbonyl (C=O) groups is 1. The highest BCUT2D eigenvalue weighted by molar-refractivity contribution is 7.99. The van der Waals surface area contributed by atoms with Gasteiger partial charge in [0.25, 0.3) is 0 Å². The van der Waals surface area contributed by atoms with E-state index in [4.69, 9.17) is 0 Å². The van der Waals surface area contributed by atoms with E-state index in [1.807, 2.05) is 36.6 Å². The van der Waals surface area contributed by atoms with Gasteiger partial charge in [-0.05, 0) is 38.1 Å². The van der Waals surface area contributed by atoms with Crippen molar-refractivity contribution in [2.75, 3.05) is 12.8 Å². The Morgan fingerprint density at radius 3 is 2.70 bits per heavy atom. The molecule has 1 amide bonds. The van der Waals surface area contributed by atoms with Crippen molar-refractivity contribution >= 4 is 30.1 Å². The molecule has 1 heterocycles. The summed E-state index contributed by atoms with van der Waals surface area (Å²) in [5, 5.41) is 6.50. The molecule has 1 aromatic carbocycles. The standard InChI is InChI=1S/C15H22N2OS.ClH/c1-11-10-13(8-9-16-11)17-15(18)14(19-2)12-6-4-3-5-7-12;/h3-7,11,13-14,16H,8-10H2,1-2H3,(H,17,18);1H. The number of benzene rings is 1. The van der Waals surface area contributed by atoms with Crippen molar-refractivity contribution in [1.29, 1.82) is 0 Å². The van der Waals surface area contributed by atoms with Crippen LogP contribution >= 0.6 is 24.2 Å². The van der Waals surface area contributed by atoms with Crippen LogP contribution in [0.2, 0.25) is 0 Å².